The minimum Gasteiger partial charge on any atom is -0.369 e. The van der Waals surface area contributed by atoms with Crippen molar-refractivity contribution in [1.82, 2.24) is 20.3 Å². The number of amides is 1. The van der Waals surface area contributed by atoms with E-state index in [4.69, 9.17) is 0 Å². The van der Waals surface area contributed by atoms with Gasteiger partial charge in [0.15, 0.2) is 0 Å². The van der Waals surface area contributed by atoms with Crippen LogP contribution in [0.2, 0.25) is 0 Å². The summed E-state index contributed by atoms with van der Waals surface area (Å²) in [6.45, 7) is 6.92. The molecule has 2 aromatic carbocycles. The zero-order valence-electron chi connectivity index (χ0n) is 19.0. The third-order valence-corrected chi connectivity index (χ3v) is 5.78. The second-order valence-corrected chi connectivity index (χ2v) is 8.09. The van der Waals surface area contributed by atoms with E-state index < -0.39 is 0 Å². The fourth-order valence-electron chi connectivity index (χ4n) is 4.02. The molecule has 3 heterocycles. The molecule has 35 heavy (non-hydrogen) atoms. The van der Waals surface area contributed by atoms with Crippen molar-refractivity contribution in [2.75, 3.05) is 41.7 Å². The Hall–Kier alpha value is -4.37. The van der Waals surface area contributed by atoms with Gasteiger partial charge < -0.3 is 20.9 Å². The molecule has 176 valence electrons. The van der Waals surface area contributed by atoms with Gasteiger partial charge in [0.25, 0.3) is 0 Å². The smallest absolute Gasteiger partial charge is 0.247 e. The normalized spacial score (nSPS) is 13.5. The monoisotopic (exact) mass is 469 g/mol. The number of fused-ring (bicyclic) bond motifs is 1. The number of hydrogen-bond acceptors (Lipinski definition) is 7. The number of nitrogens with one attached hydrogen (secondary N) is 3. The Kier molecular flexibility index (Phi) is 6.32. The van der Waals surface area contributed by atoms with Gasteiger partial charge in [0.05, 0.1) is 16.9 Å². The number of nitrogens with zero attached hydrogens (tertiary/aromatic N) is 4. The molecule has 3 N–H and O–H groups in total. The maximum Gasteiger partial charge on any atom is 0.247 e. The number of piperazine rings is 1. The SMILES string of the molecule is C=CC(=O)Nc1ccnc(-c2cccc3cnc(Nc4ccc(N5CCNCC5)cc4F)nc23)c1. The summed E-state index contributed by atoms with van der Waals surface area (Å²) in [5, 5.41) is 9.85. The summed E-state index contributed by atoms with van der Waals surface area (Å²) in [6.07, 6.45) is 4.51. The minimum atomic E-state index is -0.370. The first-order valence-corrected chi connectivity index (χ1v) is 11.3. The molecule has 0 unspecified atom stereocenters. The predicted octanol–water partition coefficient (Wildman–Crippen LogP) is 4.11. The van der Waals surface area contributed by atoms with Gasteiger partial charge in [0, 0.05) is 60.9 Å². The second-order valence-electron chi connectivity index (χ2n) is 8.09. The molecular weight excluding hydrogens is 445 g/mol. The number of hydrogen-bond donors (Lipinski definition) is 3. The van der Waals surface area contributed by atoms with Crippen molar-refractivity contribution in [2.24, 2.45) is 0 Å². The Morgan fingerprint density at radius 1 is 1.11 bits per heavy atom. The van der Waals surface area contributed by atoms with Crippen LogP contribution in [0.4, 0.5) is 27.4 Å². The van der Waals surface area contributed by atoms with E-state index in [0.29, 0.717) is 22.6 Å². The highest BCUT2D eigenvalue weighted by molar-refractivity contribution is 5.99. The van der Waals surface area contributed by atoms with Crippen molar-refractivity contribution < 1.29 is 9.18 Å². The first-order chi connectivity index (χ1) is 17.1. The largest absolute Gasteiger partial charge is 0.369 e. The van der Waals surface area contributed by atoms with Gasteiger partial charge in [-0.15, -0.1) is 0 Å². The van der Waals surface area contributed by atoms with E-state index in [-0.39, 0.29) is 17.7 Å². The Morgan fingerprint density at radius 2 is 1.97 bits per heavy atom. The predicted molar refractivity (Wildman–Crippen MR) is 136 cm³/mol. The molecule has 0 spiro atoms. The van der Waals surface area contributed by atoms with Crippen LogP contribution in [0.25, 0.3) is 22.2 Å². The molecule has 9 heteroatoms. The van der Waals surface area contributed by atoms with Gasteiger partial charge in [-0.25, -0.2) is 14.4 Å². The fraction of sp³-hybridized carbons (Fsp3) is 0.154. The molecule has 5 rings (SSSR count). The number of aromatic nitrogens is 3. The average molecular weight is 470 g/mol. The number of benzene rings is 2. The lowest BCUT2D eigenvalue weighted by atomic mass is 10.1. The van der Waals surface area contributed by atoms with E-state index in [1.807, 2.05) is 24.3 Å². The van der Waals surface area contributed by atoms with Crippen LogP contribution in [0.3, 0.4) is 0 Å². The van der Waals surface area contributed by atoms with E-state index in [9.17, 15) is 9.18 Å². The summed E-state index contributed by atoms with van der Waals surface area (Å²) in [4.78, 5) is 27.3. The highest BCUT2D eigenvalue weighted by atomic mass is 19.1. The molecular formula is C26H24FN7O. The van der Waals surface area contributed by atoms with Gasteiger partial charge in [0.1, 0.15) is 5.82 Å². The van der Waals surface area contributed by atoms with Crippen molar-refractivity contribution >= 4 is 39.8 Å². The number of pyridine rings is 1. The highest BCUT2D eigenvalue weighted by Gasteiger charge is 2.14. The number of carbonyl (C=O) groups excluding carboxylic acids is 1. The van der Waals surface area contributed by atoms with Crippen LogP contribution < -0.4 is 20.9 Å². The summed E-state index contributed by atoms with van der Waals surface area (Å²) >= 11 is 0. The topological polar surface area (TPSA) is 95.1 Å². The van der Waals surface area contributed by atoms with Crippen LogP contribution >= 0.6 is 0 Å². The molecule has 2 aromatic heterocycles. The van der Waals surface area contributed by atoms with Gasteiger partial charge in [0.2, 0.25) is 11.9 Å². The van der Waals surface area contributed by atoms with E-state index >= 15 is 0 Å². The lowest BCUT2D eigenvalue weighted by molar-refractivity contribution is -0.111. The zero-order chi connectivity index (χ0) is 24.2. The maximum atomic E-state index is 14.9. The van der Waals surface area contributed by atoms with Crippen LogP contribution in [0.15, 0.2) is 73.6 Å². The van der Waals surface area contributed by atoms with Crippen molar-refractivity contribution in [3.63, 3.8) is 0 Å². The molecule has 0 aliphatic carbocycles. The maximum absolute atomic E-state index is 14.9. The van der Waals surface area contributed by atoms with E-state index in [1.165, 1.54) is 12.1 Å². The number of rotatable bonds is 6. The van der Waals surface area contributed by atoms with Gasteiger partial charge >= 0.3 is 0 Å². The Bertz CT molecular complexity index is 1400. The van der Waals surface area contributed by atoms with E-state index in [2.05, 4.69) is 42.4 Å². The molecule has 1 aliphatic heterocycles. The van der Waals surface area contributed by atoms with E-state index in [0.717, 1.165) is 42.8 Å². The summed E-state index contributed by atoms with van der Waals surface area (Å²) < 4.78 is 14.9. The minimum absolute atomic E-state index is 0.273. The van der Waals surface area contributed by atoms with Crippen LogP contribution in [0.5, 0.6) is 0 Å². The summed E-state index contributed by atoms with van der Waals surface area (Å²) in [6, 6.07) is 14.3. The molecule has 1 fully saturated rings. The molecule has 8 nitrogen and oxygen atoms in total. The zero-order valence-corrected chi connectivity index (χ0v) is 19.0. The third kappa shape index (κ3) is 4.95. The van der Waals surface area contributed by atoms with Gasteiger partial charge in [-0.2, -0.15) is 0 Å². The Labute approximate surface area is 201 Å². The van der Waals surface area contributed by atoms with Crippen molar-refractivity contribution in [3.8, 4) is 11.3 Å². The molecule has 1 saturated heterocycles. The summed E-state index contributed by atoms with van der Waals surface area (Å²) in [7, 11) is 0. The van der Waals surface area contributed by atoms with Crippen molar-refractivity contribution in [1.29, 1.82) is 0 Å². The number of para-hydroxylation sites is 1. The Balaban J connectivity index is 1.44. The van der Waals surface area contributed by atoms with Gasteiger partial charge in [-0.1, -0.05) is 24.8 Å². The molecule has 0 atom stereocenters. The standard InChI is InChI=1S/C26H24FN7O/c1-2-24(35)31-18-8-9-29-23(14-18)20-5-3-4-17-16-30-26(33-25(17)20)32-22-7-6-19(15-21(22)27)34-12-10-28-11-13-34/h2-9,14-16,28H,1,10-13H2,(H,29,31,35)(H,30,32,33). The second kappa shape index (κ2) is 9.86. The van der Waals surface area contributed by atoms with Crippen molar-refractivity contribution in [2.45, 2.75) is 0 Å². The number of halogens is 1. The quantitative estimate of drug-likeness (QED) is 0.366. The molecule has 1 amide bonds. The molecule has 1 aliphatic rings. The summed E-state index contributed by atoms with van der Waals surface area (Å²) in [5.41, 5.74) is 3.79. The van der Waals surface area contributed by atoms with Crippen molar-refractivity contribution in [3.05, 3.63) is 79.4 Å². The van der Waals surface area contributed by atoms with Crippen LogP contribution in [0, 0.1) is 5.82 Å². The first-order valence-electron chi connectivity index (χ1n) is 11.3. The Morgan fingerprint density at radius 3 is 2.77 bits per heavy atom. The van der Waals surface area contributed by atoms with Gasteiger partial charge in [-0.3, -0.25) is 9.78 Å². The van der Waals surface area contributed by atoms with Crippen LogP contribution in [0.1, 0.15) is 0 Å². The third-order valence-electron chi connectivity index (χ3n) is 5.78. The van der Waals surface area contributed by atoms with Gasteiger partial charge in [-0.05, 0) is 36.4 Å². The van der Waals surface area contributed by atoms with Crippen LogP contribution in [-0.2, 0) is 4.79 Å². The summed E-state index contributed by atoms with van der Waals surface area (Å²) in [5.74, 6) is -0.404. The number of carbonyl (C=O) groups is 1. The first kappa shape index (κ1) is 22.4. The van der Waals surface area contributed by atoms with Crippen LogP contribution in [-0.4, -0.2) is 47.0 Å². The molecule has 4 aromatic rings. The number of anilines is 4. The molecule has 0 radical (unpaired) electrons. The fourth-order valence-corrected chi connectivity index (χ4v) is 4.02. The molecule has 0 saturated carbocycles. The average Bonchev–Trinajstić information content (AvgIpc) is 2.90. The van der Waals surface area contributed by atoms with E-state index in [1.54, 1.807) is 30.6 Å². The molecule has 0 bridgehead atoms. The lowest BCUT2D eigenvalue weighted by Gasteiger charge is -2.29. The highest BCUT2D eigenvalue weighted by Crippen LogP contribution is 2.29. The lowest BCUT2D eigenvalue weighted by Crippen LogP contribution is -2.43.